The minimum absolute atomic E-state index is 0.0521. The molecule has 0 saturated heterocycles. The fourth-order valence-electron chi connectivity index (χ4n) is 3.28. The predicted octanol–water partition coefficient (Wildman–Crippen LogP) is 5.34. The Balaban J connectivity index is 1.40. The number of thiophene rings is 1. The number of anilines is 1. The van der Waals surface area contributed by atoms with Gasteiger partial charge in [0.2, 0.25) is 5.91 Å². The Morgan fingerprint density at radius 3 is 2.76 bits per heavy atom. The fraction of sp³-hybridized carbons (Fsp3) is 0.200. The van der Waals surface area contributed by atoms with Crippen LogP contribution in [0.3, 0.4) is 0 Å². The van der Waals surface area contributed by atoms with Crippen molar-refractivity contribution in [3.63, 3.8) is 0 Å². The second-order valence-electron chi connectivity index (χ2n) is 7.47. The number of benzene rings is 2. The van der Waals surface area contributed by atoms with E-state index in [1.165, 1.54) is 11.3 Å². The number of nitrogens with zero attached hydrogens (tertiary/aromatic N) is 1. The van der Waals surface area contributed by atoms with E-state index >= 15 is 0 Å². The molecule has 2 aromatic carbocycles. The lowest BCUT2D eigenvalue weighted by Crippen LogP contribution is -2.16. The zero-order valence-corrected chi connectivity index (χ0v) is 20.1. The number of nitrogens with one attached hydrogen (secondary N) is 2. The van der Waals surface area contributed by atoms with Crippen LogP contribution in [-0.4, -0.2) is 34.2 Å². The highest BCUT2D eigenvalue weighted by Crippen LogP contribution is 2.31. The summed E-state index contributed by atoms with van der Waals surface area (Å²) in [6.07, 6.45) is 1.75. The van der Waals surface area contributed by atoms with E-state index in [0.29, 0.717) is 33.2 Å². The van der Waals surface area contributed by atoms with E-state index < -0.39 is 5.97 Å². The first-order chi connectivity index (χ1) is 16.5. The van der Waals surface area contributed by atoms with E-state index in [1.54, 1.807) is 24.3 Å². The SMILES string of the molecule is CCCCOC(=O)c1cccc(NC(=O)CSc2nc3scc(-c4ccccc4)c3c(=O)[nH]2)c1. The lowest BCUT2D eigenvalue weighted by molar-refractivity contribution is -0.113. The van der Waals surface area contributed by atoms with Gasteiger partial charge < -0.3 is 15.0 Å². The number of thioether (sulfide) groups is 1. The molecule has 0 aliphatic rings. The normalized spacial score (nSPS) is 10.9. The smallest absolute Gasteiger partial charge is 0.338 e. The van der Waals surface area contributed by atoms with Crippen molar-refractivity contribution in [3.8, 4) is 11.1 Å². The molecule has 2 heterocycles. The van der Waals surface area contributed by atoms with Crippen LogP contribution in [0.5, 0.6) is 0 Å². The maximum Gasteiger partial charge on any atom is 0.338 e. The van der Waals surface area contributed by atoms with Crippen molar-refractivity contribution in [2.45, 2.75) is 24.9 Å². The van der Waals surface area contributed by atoms with Gasteiger partial charge in [-0.25, -0.2) is 9.78 Å². The fourth-order valence-corrected chi connectivity index (χ4v) is 4.94. The molecule has 0 fully saturated rings. The molecule has 7 nitrogen and oxygen atoms in total. The van der Waals surface area contributed by atoms with Gasteiger partial charge in [-0.3, -0.25) is 9.59 Å². The number of amides is 1. The summed E-state index contributed by atoms with van der Waals surface area (Å²) in [6, 6.07) is 16.3. The van der Waals surface area contributed by atoms with Gasteiger partial charge in [0, 0.05) is 16.6 Å². The van der Waals surface area contributed by atoms with E-state index in [-0.39, 0.29) is 17.2 Å². The number of ether oxygens (including phenoxy) is 1. The Morgan fingerprint density at radius 1 is 1.15 bits per heavy atom. The third-order valence-corrected chi connectivity index (χ3v) is 6.71. The quantitative estimate of drug-likeness (QED) is 0.141. The monoisotopic (exact) mass is 493 g/mol. The molecule has 0 atom stereocenters. The number of rotatable bonds is 9. The number of unbranched alkanes of at least 4 members (excludes halogenated alkanes) is 1. The first-order valence-corrected chi connectivity index (χ1v) is 12.7. The molecule has 9 heteroatoms. The van der Waals surface area contributed by atoms with Gasteiger partial charge >= 0.3 is 5.97 Å². The van der Waals surface area contributed by atoms with Crippen LogP contribution in [0, 0.1) is 0 Å². The van der Waals surface area contributed by atoms with Gasteiger partial charge in [-0.05, 0) is 30.2 Å². The van der Waals surface area contributed by atoms with Crippen LogP contribution in [0.4, 0.5) is 5.69 Å². The molecule has 0 aliphatic carbocycles. The molecule has 34 heavy (non-hydrogen) atoms. The molecule has 0 radical (unpaired) electrons. The molecule has 0 spiro atoms. The lowest BCUT2D eigenvalue weighted by Gasteiger charge is -2.08. The van der Waals surface area contributed by atoms with Crippen molar-refractivity contribution >= 4 is 50.9 Å². The van der Waals surface area contributed by atoms with Crippen molar-refractivity contribution in [2.75, 3.05) is 17.7 Å². The summed E-state index contributed by atoms with van der Waals surface area (Å²) in [5, 5.41) is 5.61. The van der Waals surface area contributed by atoms with E-state index in [4.69, 9.17) is 4.74 Å². The number of carbonyl (C=O) groups is 2. The van der Waals surface area contributed by atoms with Crippen molar-refractivity contribution in [1.29, 1.82) is 0 Å². The van der Waals surface area contributed by atoms with E-state index in [1.807, 2.05) is 42.6 Å². The molecule has 4 aromatic rings. The number of aromatic amines is 1. The van der Waals surface area contributed by atoms with Gasteiger partial charge in [0.15, 0.2) is 5.16 Å². The van der Waals surface area contributed by atoms with Crippen LogP contribution in [-0.2, 0) is 9.53 Å². The minimum Gasteiger partial charge on any atom is -0.462 e. The maximum absolute atomic E-state index is 12.7. The number of esters is 1. The molecule has 0 saturated carbocycles. The first-order valence-electron chi connectivity index (χ1n) is 10.8. The van der Waals surface area contributed by atoms with Gasteiger partial charge in [-0.2, -0.15) is 0 Å². The second kappa shape index (κ2) is 11.1. The van der Waals surface area contributed by atoms with E-state index in [0.717, 1.165) is 35.7 Å². The molecule has 0 aliphatic heterocycles. The highest BCUT2D eigenvalue weighted by atomic mass is 32.2. The molecular weight excluding hydrogens is 470 g/mol. The number of hydrogen-bond acceptors (Lipinski definition) is 7. The van der Waals surface area contributed by atoms with Gasteiger partial charge in [0.1, 0.15) is 4.83 Å². The third kappa shape index (κ3) is 5.73. The summed E-state index contributed by atoms with van der Waals surface area (Å²) < 4.78 is 5.21. The van der Waals surface area contributed by atoms with Crippen molar-refractivity contribution in [2.24, 2.45) is 0 Å². The third-order valence-electron chi connectivity index (χ3n) is 4.96. The van der Waals surface area contributed by atoms with E-state index in [2.05, 4.69) is 15.3 Å². The summed E-state index contributed by atoms with van der Waals surface area (Å²) in [5.41, 5.74) is 2.44. The zero-order valence-electron chi connectivity index (χ0n) is 18.5. The van der Waals surface area contributed by atoms with Crippen LogP contribution in [0.1, 0.15) is 30.1 Å². The molecule has 174 valence electrons. The number of hydrogen-bond donors (Lipinski definition) is 2. The van der Waals surface area contributed by atoms with Crippen LogP contribution < -0.4 is 10.9 Å². The summed E-state index contributed by atoms with van der Waals surface area (Å²) >= 11 is 2.54. The standard InChI is InChI=1S/C25H23N3O4S2/c1-2-3-12-32-24(31)17-10-7-11-18(13-17)26-20(29)15-34-25-27-22(30)21-19(14-33-23(21)28-25)16-8-5-4-6-9-16/h4-11,13-14H,2-3,12,15H2,1H3,(H,26,29)(H,27,28,30). The first kappa shape index (κ1) is 23.7. The average molecular weight is 494 g/mol. The van der Waals surface area contributed by atoms with Crippen LogP contribution >= 0.6 is 23.1 Å². The van der Waals surface area contributed by atoms with Crippen LogP contribution in [0.25, 0.3) is 21.3 Å². The zero-order chi connectivity index (χ0) is 23.9. The number of fused-ring (bicyclic) bond motifs is 1. The molecule has 0 unspecified atom stereocenters. The molecule has 1 amide bonds. The van der Waals surface area contributed by atoms with Gasteiger partial charge in [0.25, 0.3) is 5.56 Å². The molecule has 2 N–H and O–H groups in total. The van der Waals surface area contributed by atoms with Gasteiger partial charge in [-0.15, -0.1) is 11.3 Å². The summed E-state index contributed by atoms with van der Waals surface area (Å²) in [6.45, 7) is 2.39. The van der Waals surface area contributed by atoms with Crippen LogP contribution in [0.15, 0.2) is 69.9 Å². The Hall–Kier alpha value is -3.43. The van der Waals surface area contributed by atoms with Crippen molar-refractivity contribution in [1.82, 2.24) is 9.97 Å². The van der Waals surface area contributed by atoms with Crippen molar-refractivity contribution < 1.29 is 14.3 Å². The maximum atomic E-state index is 12.7. The minimum atomic E-state index is -0.417. The highest BCUT2D eigenvalue weighted by molar-refractivity contribution is 7.99. The Morgan fingerprint density at radius 2 is 1.97 bits per heavy atom. The molecular formula is C25H23N3O4S2. The summed E-state index contributed by atoms with van der Waals surface area (Å²) in [7, 11) is 0. The Labute approximate surface area is 204 Å². The molecule has 4 rings (SSSR count). The topological polar surface area (TPSA) is 101 Å². The lowest BCUT2D eigenvalue weighted by atomic mass is 10.1. The second-order valence-corrected chi connectivity index (χ2v) is 9.30. The summed E-state index contributed by atoms with van der Waals surface area (Å²) in [5.74, 6) is -0.642. The number of H-pyrrole nitrogens is 1. The van der Waals surface area contributed by atoms with Gasteiger partial charge in [-0.1, -0.05) is 61.5 Å². The van der Waals surface area contributed by atoms with Gasteiger partial charge in [0.05, 0.1) is 23.3 Å². The average Bonchev–Trinajstić information content (AvgIpc) is 3.28. The molecule has 2 aromatic heterocycles. The van der Waals surface area contributed by atoms with Crippen LogP contribution in [0.2, 0.25) is 0 Å². The molecule has 0 bridgehead atoms. The highest BCUT2D eigenvalue weighted by Gasteiger charge is 2.14. The van der Waals surface area contributed by atoms with Crippen molar-refractivity contribution in [3.05, 3.63) is 75.9 Å². The predicted molar refractivity (Wildman–Crippen MR) is 137 cm³/mol. The Bertz CT molecular complexity index is 1370. The number of carbonyl (C=O) groups excluding carboxylic acids is 2. The number of aromatic nitrogens is 2. The Kier molecular flexibility index (Phi) is 7.76. The summed E-state index contributed by atoms with van der Waals surface area (Å²) in [4.78, 5) is 45.2. The largest absolute Gasteiger partial charge is 0.462 e. The van der Waals surface area contributed by atoms with E-state index in [9.17, 15) is 14.4 Å².